The third-order valence-corrected chi connectivity index (χ3v) is 4.58. The molecule has 0 spiro atoms. The third kappa shape index (κ3) is 6.14. The van der Waals surface area contributed by atoms with Crippen molar-refractivity contribution in [1.29, 1.82) is 0 Å². The van der Waals surface area contributed by atoms with Gasteiger partial charge in [-0.15, -0.1) is 0 Å². The lowest BCUT2D eigenvalue weighted by Crippen LogP contribution is -2.42. The van der Waals surface area contributed by atoms with Crippen molar-refractivity contribution in [2.45, 2.75) is 38.7 Å². The highest BCUT2D eigenvalue weighted by Crippen LogP contribution is 2.22. The highest BCUT2D eigenvalue weighted by Gasteiger charge is 2.24. The maximum absolute atomic E-state index is 12.4. The molecule has 1 aromatic carbocycles. The van der Waals surface area contributed by atoms with Gasteiger partial charge in [0.1, 0.15) is 18.0 Å². The molecular formula is C20H28N2O6. The minimum Gasteiger partial charge on any atom is -0.497 e. The number of nitrogens with one attached hydrogen (secondary N) is 1. The Morgan fingerprint density at radius 1 is 1.00 bits per heavy atom. The molecule has 1 atom stereocenters. The number of benzene rings is 1. The van der Waals surface area contributed by atoms with Crippen molar-refractivity contribution in [2.75, 3.05) is 33.9 Å². The maximum atomic E-state index is 12.4. The van der Waals surface area contributed by atoms with Crippen LogP contribution in [0.3, 0.4) is 0 Å². The fraction of sp³-hybridized carbons (Fsp3) is 0.550. The molecule has 8 nitrogen and oxygen atoms in total. The van der Waals surface area contributed by atoms with Crippen molar-refractivity contribution >= 4 is 17.8 Å². The van der Waals surface area contributed by atoms with E-state index in [-0.39, 0.29) is 18.0 Å². The van der Waals surface area contributed by atoms with Crippen LogP contribution in [0.1, 0.15) is 43.0 Å². The van der Waals surface area contributed by atoms with Crippen LogP contribution < -0.4 is 14.8 Å². The van der Waals surface area contributed by atoms with Gasteiger partial charge in [-0.05, 0) is 31.9 Å². The van der Waals surface area contributed by atoms with E-state index in [9.17, 15) is 14.4 Å². The van der Waals surface area contributed by atoms with E-state index in [0.29, 0.717) is 24.6 Å². The first-order valence-electron chi connectivity index (χ1n) is 9.44. The second-order valence-electron chi connectivity index (χ2n) is 6.66. The van der Waals surface area contributed by atoms with Crippen LogP contribution in [-0.4, -0.2) is 62.6 Å². The normalized spacial score (nSPS) is 15.2. The second-order valence-corrected chi connectivity index (χ2v) is 6.66. The Labute approximate surface area is 165 Å². The number of amides is 2. The summed E-state index contributed by atoms with van der Waals surface area (Å²) in [6, 6.07) is 4.71. The largest absolute Gasteiger partial charge is 0.497 e. The van der Waals surface area contributed by atoms with E-state index >= 15 is 0 Å². The van der Waals surface area contributed by atoms with Crippen LogP contribution in [0.15, 0.2) is 18.2 Å². The highest BCUT2D eigenvalue weighted by atomic mass is 16.5. The first kappa shape index (κ1) is 21.5. The van der Waals surface area contributed by atoms with Crippen molar-refractivity contribution in [3.63, 3.8) is 0 Å². The first-order chi connectivity index (χ1) is 13.4. The molecule has 0 bridgehead atoms. The van der Waals surface area contributed by atoms with Crippen LogP contribution in [0.4, 0.5) is 0 Å². The van der Waals surface area contributed by atoms with Crippen molar-refractivity contribution in [3.05, 3.63) is 23.8 Å². The monoisotopic (exact) mass is 392 g/mol. The number of hydrogen-bond donors (Lipinski definition) is 1. The molecule has 1 fully saturated rings. The molecule has 0 aromatic heterocycles. The Hall–Kier alpha value is -2.77. The minimum atomic E-state index is -0.876. The van der Waals surface area contributed by atoms with Gasteiger partial charge in [-0.1, -0.05) is 12.8 Å². The molecule has 1 aromatic rings. The lowest BCUT2D eigenvalue weighted by Gasteiger charge is -2.24. The van der Waals surface area contributed by atoms with E-state index in [2.05, 4.69) is 5.32 Å². The van der Waals surface area contributed by atoms with E-state index in [1.807, 2.05) is 0 Å². The number of esters is 1. The lowest BCUT2D eigenvalue weighted by molar-refractivity contribution is -0.158. The average molecular weight is 392 g/mol. The Morgan fingerprint density at radius 3 is 2.11 bits per heavy atom. The maximum Gasteiger partial charge on any atom is 0.326 e. The minimum absolute atomic E-state index is 0.195. The van der Waals surface area contributed by atoms with Crippen LogP contribution in [0.5, 0.6) is 11.5 Å². The van der Waals surface area contributed by atoms with Gasteiger partial charge in [-0.25, -0.2) is 0 Å². The summed E-state index contributed by atoms with van der Waals surface area (Å²) in [7, 11) is 2.97. The summed E-state index contributed by atoms with van der Waals surface area (Å²) in [5.41, 5.74) is 0.290. The van der Waals surface area contributed by atoms with Gasteiger partial charge in [0.25, 0.3) is 11.8 Å². The third-order valence-electron chi connectivity index (χ3n) is 4.58. The molecule has 1 aliphatic rings. The molecule has 28 heavy (non-hydrogen) atoms. The van der Waals surface area contributed by atoms with Gasteiger partial charge in [0.2, 0.25) is 0 Å². The quantitative estimate of drug-likeness (QED) is 0.711. The predicted molar refractivity (Wildman–Crippen MR) is 102 cm³/mol. The second kappa shape index (κ2) is 10.5. The van der Waals surface area contributed by atoms with E-state index in [4.69, 9.17) is 14.2 Å². The van der Waals surface area contributed by atoms with Crippen LogP contribution >= 0.6 is 0 Å². The summed E-state index contributed by atoms with van der Waals surface area (Å²) in [6.45, 7) is 2.60. The van der Waals surface area contributed by atoms with Gasteiger partial charge in [0.05, 0.1) is 14.2 Å². The fourth-order valence-electron chi connectivity index (χ4n) is 3.03. The molecule has 2 rings (SSSR count). The molecule has 1 aliphatic heterocycles. The zero-order chi connectivity index (χ0) is 20.5. The predicted octanol–water partition coefficient (Wildman–Crippen LogP) is 1.77. The van der Waals surface area contributed by atoms with Crippen molar-refractivity contribution in [2.24, 2.45) is 0 Å². The molecular weight excluding hydrogens is 364 g/mol. The number of carbonyl (C=O) groups excluding carboxylic acids is 3. The number of rotatable bonds is 7. The van der Waals surface area contributed by atoms with Crippen LogP contribution in [-0.2, 0) is 14.3 Å². The molecule has 2 amide bonds. The zero-order valence-electron chi connectivity index (χ0n) is 16.7. The average Bonchev–Trinajstić information content (AvgIpc) is 3.00. The molecule has 0 saturated carbocycles. The van der Waals surface area contributed by atoms with Crippen LogP contribution in [0.2, 0.25) is 0 Å². The van der Waals surface area contributed by atoms with Crippen molar-refractivity contribution in [1.82, 2.24) is 10.2 Å². The summed E-state index contributed by atoms with van der Waals surface area (Å²) < 4.78 is 15.4. The molecule has 154 valence electrons. The van der Waals surface area contributed by atoms with Gasteiger partial charge < -0.3 is 24.4 Å². The Bertz CT molecular complexity index is 676. The Balaban J connectivity index is 1.85. The smallest absolute Gasteiger partial charge is 0.326 e. The summed E-state index contributed by atoms with van der Waals surface area (Å²) >= 11 is 0. The van der Waals surface area contributed by atoms with Crippen molar-refractivity contribution < 1.29 is 28.6 Å². The zero-order valence-corrected chi connectivity index (χ0v) is 16.7. The van der Waals surface area contributed by atoms with Gasteiger partial charge in [0.15, 0.2) is 6.10 Å². The highest BCUT2D eigenvalue weighted by molar-refractivity contribution is 5.97. The van der Waals surface area contributed by atoms with Gasteiger partial charge in [-0.2, -0.15) is 0 Å². The topological polar surface area (TPSA) is 94.2 Å². The summed E-state index contributed by atoms with van der Waals surface area (Å²) in [5, 5.41) is 2.49. The summed E-state index contributed by atoms with van der Waals surface area (Å²) in [6.07, 6.45) is 3.27. The molecule has 1 saturated heterocycles. The number of ether oxygens (including phenoxy) is 3. The SMILES string of the molecule is COc1cc(OC)cc(C(=O)NCC(=O)O[C@H](C)C(=O)N2CCCCCC2)c1. The molecule has 1 heterocycles. The molecule has 8 heteroatoms. The summed E-state index contributed by atoms with van der Waals surface area (Å²) in [4.78, 5) is 38.5. The van der Waals surface area contributed by atoms with Crippen LogP contribution in [0, 0.1) is 0 Å². The van der Waals surface area contributed by atoms with E-state index in [1.165, 1.54) is 26.4 Å². The standard InChI is InChI=1S/C20H28N2O6/c1-14(20(25)22-8-6-4-5-7-9-22)28-18(23)13-21-19(24)15-10-16(26-2)12-17(11-15)27-3/h10-12,14H,4-9,13H2,1-3H3,(H,21,24)/t14-/m1/s1. The van der Waals surface area contributed by atoms with Crippen molar-refractivity contribution in [3.8, 4) is 11.5 Å². The fourth-order valence-corrected chi connectivity index (χ4v) is 3.03. The Kier molecular flexibility index (Phi) is 8.10. The summed E-state index contributed by atoms with van der Waals surface area (Å²) in [5.74, 6) is -0.411. The number of hydrogen-bond acceptors (Lipinski definition) is 6. The van der Waals surface area contributed by atoms with E-state index in [0.717, 1.165) is 25.7 Å². The first-order valence-corrected chi connectivity index (χ1v) is 9.44. The van der Waals surface area contributed by atoms with Crippen LogP contribution in [0.25, 0.3) is 0 Å². The van der Waals surface area contributed by atoms with Gasteiger partial charge in [0, 0.05) is 24.7 Å². The lowest BCUT2D eigenvalue weighted by atomic mass is 10.2. The van der Waals surface area contributed by atoms with Gasteiger partial charge >= 0.3 is 5.97 Å². The number of methoxy groups -OCH3 is 2. The number of likely N-dealkylation sites (tertiary alicyclic amines) is 1. The number of nitrogens with zero attached hydrogens (tertiary/aromatic N) is 1. The molecule has 0 unspecified atom stereocenters. The molecule has 0 aliphatic carbocycles. The Morgan fingerprint density at radius 2 is 1.57 bits per heavy atom. The molecule has 0 radical (unpaired) electrons. The van der Waals surface area contributed by atoms with E-state index in [1.54, 1.807) is 17.9 Å². The van der Waals surface area contributed by atoms with Gasteiger partial charge in [-0.3, -0.25) is 14.4 Å². The number of carbonyl (C=O) groups is 3. The molecule has 1 N–H and O–H groups in total. The van der Waals surface area contributed by atoms with E-state index < -0.39 is 18.0 Å².